The van der Waals surface area contributed by atoms with Gasteiger partial charge in [-0.1, -0.05) is 36.4 Å². The molecule has 2 nitrogen and oxygen atoms in total. The summed E-state index contributed by atoms with van der Waals surface area (Å²) < 4.78 is 157. The molecule has 0 aliphatic carbocycles. The van der Waals surface area contributed by atoms with E-state index in [9.17, 15) is 43.9 Å². The first kappa shape index (κ1) is 30.1. The van der Waals surface area contributed by atoms with E-state index in [1.807, 2.05) is 0 Å². The van der Waals surface area contributed by atoms with E-state index < -0.39 is 69.3 Å². The second kappa shape index (κ2) is 10.2. The van der Waals surface area contributed by atoms with Crippen molar-refractivity contribution in [1.29, 1.82) is 0 Å². The molecule has 0 bridgehead atoms. The molecule has 0 unspecified atom stereocenters. The van der Waals surface area contributed by atoms with Gasteiger partial charge < -0.3 is 9.47 Å². The molecular weight excluding hydrogens is 678 g/mol. The van der Waals surface area contributed by atoms with Crippen molar-refractivity contribution in [3.8, 4) is 67.5 Å². The lowest BCUT2D eigenvalue weighted by atomic mass is 9.82. The summed E-state index contributed by atoms with van der Waals surface area (Å²) in [6.45, 7) is 0. The lowest BCUT2D eigenvalue weighted by Crippen LogP contribution is -2.06. The molecule has 0 saturated heterocycles. The van der Waals surface area contributed by atoms with Crippen molar-refractivity contribution in [3.63, 3.8) is 0 Å². The fourth-order valence-corrected chi connectivity index (χ4v) is 6.87. The van der Waals surface area contributed by atoms with Gasteiger partial charge >= 0.3 is 0 Å². The lowest BCUT2D eigenvalue weighted by Gasteiger charge is -2.29. The van der Waals surface area contributed by atoms with Gasteiger partial charge in [0.1, 0.15) is 23.0 Å². The summed E-state index contributed by atoms with van der Waals surface area (Å²) in [5.41, 5.74) is -1.57. The summed E-state index contributed by atoms with van der Waals surface area (Å²) in [6.07, 6.45) is 0. The van der Waals surface area contributed by atoms with Crippen LogP contribution in [0, 0.1) is 58.2 Å². The van der Waals surface area contributed by atoms with Crippen LogP contribution in [0.3, 0.4) is 0 Å². The Labute approximate surface area is 273 Å². The molecule has 0 spiro atoms. The molecule has 2 aliphatic rings. The largest absolute Gasteiger partial charge is 0.456 e. The van der Waals surface area contributed by atoms with E-state index in [4.69, 9.17) is 9.47 Å². The van der Waals surface area contributed by atoms with Gasteiger partial charge in [0.25, 0.3) is 0 Å². The Morgan fingerprint density at radius 2 is 0.640 bits per heavy atom. The van der Waals surface area contributed by atoms with Crippen LogP contribution >= 0.6 is 0 Å². The number of halogens is 10. The van der Waals surface area contributed by atoms with Gasteiger partial charge in [-0.2, -0.15) is 0 Å². The topological polar surface area (TPSA) is 18.5 Å². The Balaban J connectivity index is 1.35. The minimum absolute atomic E-state index is 0.198. The van der Waals surface area contributed by atoms with Crippen molar-refractivity contribution in [2.24, 2.45) is 0 Å². The molecule has 12 heteroatoms. The predicted octanol–water partition coefficient (Wildman–Crippen LogP) is 12.3. The minimum Gasteiger partial charge on any atom is -0.456 e. The number of benzene rings is 7. The average Bonchev–Trinajstić information content (AvgIpc) is 3.13. The number of ether oxygens (including phenoxy) is 2. The highest BCUT2D eigenvalue weighted by atomic mass is 19.2. The summed E-state index contributed by atoms with van der Waals surface area (Å²) in [5, 5.41) is 1.85. The lowest BCUT2D eigenvalue weighted by molar-refractivity contribution is 0.381. The molecule has 9 rings (SSSR count). The van der Waals surface area contributed by atoms with Crippen LogP contribution in [0.2, 0.25) is 0 Å². The first-order valence-corrected chi connectivity index (χ1v) is 14.7. The summed E-state index contributed by atoms with van der Waals surface area (Å²) >= 11 is 0. The monoisotopic (exact) mass is 690 g/mol. The molecule has 0 atom stereocenters. The molecule has 0 fully saturated rings. The van der Waals surface area contributed by atoms with Gasteiger partial charge in [-0.3, -0.25) is 0 Å². The molecule has 0 N–H and O–H groups in total. The summed E-state index contributed by atoms with van der Waals surface area (Å²) in [7, 11) is 0. The molecule has 246 valence electrons. The fourth-order valence-electron chi connectivity index (χ4n) is 6.87. The molecule has 50 heavy (non-hydrogen) atoms. The Morgan fingerprint density at radius 3 is 1.00 bits per heavy atom. The predicted molar refractivity (Wildman–Crippen MR) is 163 cm³/mol. The Hall–Kier alpha value is -6.04. The van der Waals surface area contributed by atoms with Crippen LogP contribution in [0.1, 0.15) is 0 Å². The van der Waals surface area contributed by atoms with Crippen LogP contribution in [-0.2, 0) is 0 Å². The molecule has 0 amide bonds. The van der Waals surface area contributed by atoms with Crippen molar-refractivity contribution >= 4 is 21.5 Å². The third-order valence-electron chi connectivity index (χ3n) is 9.03. The van der Waals surface area contributed by atoms with Crippen LogP contribution in [0.5, 0.6) is 23.0 Å². The minimum atomic E-state index is -2.30. The van der Waals surface area contributed by atoms with E-state index in [2.05, 4.69) is 0 Å². The smallest absolute Gasteiger partial charge is 0.200 e. The summed E-state index contributed by atoms with van der Waals surface area (Å²) in [6, 6.07) is 17.5. The first-order valence-electron chi connectivity index (χ1n) is 14.7. The van der Waals surface area contributed by atoms with Crippen molar-refractivity contribution in [1.82, 2.24) is 0 Å². The number of hydrogen-bond acceptors (Lipinski definition) is 2. The Kier molecular flexibility index (Phi) is 6.15. The van der Waals surface area contributed by atoms with E-state index in [0.717, 1.165) is 12.1 Å². The van der Waals surface area contributed by atoms with Crippen molar-refractivity contribution in [3.05, 3.63) is 131 Å². The van der Waals surface area contributed by atoms with Crippen LogP contribution < -0.4 is 9.47 Å². The van der Waals surface area contributed by atoms with Gasteiger partial charge in [0.15, 0.2) is 46.5 Å². The second-order valence-electron chi connectivity index (χ2n) is 11.6. The van der Waals surface area contributed by atoms with E-state index in [0.29, 0.717) is 44.2 Å². The van der Waals surface area contributed by atoms with Crippen molar-refractivity contribution in [2.45, 2.75) is 0 Å². The summed E-state index contributed by atoms with van der Waals surface area (Å²) in [5.74, 6) is -20.1. The fraction of sp³-hybridized carbons (Fsp3) is 0. The number of fused-ring (bicyclic) bond motifs is 7. The number of rotatable bonds is 2. The quantitative estimate of drug-likeness (QED) is 0.0778. The van der Waals surface area contributed by atoms with E-state index in [-0.39, 0.29) is 33.8 Å². The van der Waals surface area contributed by atoms with Gasteiger partial charge in [-0.05, 0) is 58.3 Å². The standard InChI is InChI=1S/C38H12F10O2/c39-29-23(30(40)34(44)37(47)33(29)43)13-5-7-19-17(11-13)25-15-3-1-2-4-16(15)26-18-12-14(24-31(41)35(45)38(48)36(46)32(24)42)6-8-20(18)50-22-10-9-21(49-19)27(25)28(22)26/h1-12H. The molecule has 2 heterocycles. The van der Waals surface area contributed by atoms with E-state index >= 15 is 0 Å². The first-order chi connectivity index (χ1) is 24.0. The van der Waals surface area contributed by atoms with Crippen LogP contribution in [0.15, 0.2) is 72.8 Å². The van der Waals surface area contributed by atoms with Gasteiger partial charge in [-0.15, -0.1) is 0 Å². The second-order valence-corrected chi connectivity index (χ2v) is 11.6. The number of hydrogen-bond donors (Lipinski definition) is 0. The highest BCUT2D eigenvalue weighted by Gasteiger charge is 2.34. The van der Waals surface area contributed by atoms with Crippen LogP contribution in [0.4, 0.5) is 43.9 Å². The Bertz CT molecular complexity index is 2480. The van der Waals surface area contributed by atoms with Gasteiger partial charge in [0.05, 0.1) is 11.1 Å². The molecule has 7 aromatic carbocycles. The van der Waals surface area contributed by atoms with Crippen LogP contribution in [0.25, 0.3) is 66.1 Å². The molecule has 0 aromatic heterocycles. The SMILES string of the molecule is Fc1c(F)c(F)c(-c2ccc3c(c2)-c2c4ccccc4c4c5c(ccc(c25)O3)Oc2ccc(-c3c(F)c(F)c(F)c(F)c3F)cc2-4)c(F)c1F. The van der Waals surface area contributed by atoms with Gasteiger partial charge in [0.2, 0.25) is 11.6 Å². The maximum absolute atomic E-state index is 14.9. The molecule has 2 aliphatic heterocycles. The zero-order chi connectivity index (χ0) is 34.9. The van der Waals surface area contributed by atoms with Crippen LogP contribution in [-0.4, -0.2) is 0 Å². The van der Waals surface area contributed by atoms with E-state index in [1.165, 1.54) is 24.3 Å². The molecule has 7 aromatic rings. The highest BCUT2D eigenvalue weighted by Crippen LogP contribution is 2.59. The maximum atomic E-state index is 14.9. The molecule has 0 radical (unpaired) electrons. The van der Waals surface area contributed by atoms with Gasteiger partial charge in [0, 0.05) is 33.0 Å². The molecule has 0 saturated carbocycles. The summed E-state index contributed by atoms with van der Waals surface area (Å²) in [4.78, 5) is 0. The van der Waals surface area contributed by atoms with Gasteiger partial charge in [-0.25, -0.2) is 43.9 Å². The average molecular weight is 690 g/mol. The third kappa shape index (κ3) is 3.81. The Morgan fingerprint density at radius 1 is 0.320 bits per heavy atom. The normalized spacial score (nSPS) is 12.5. The zero-order valence-corrected chi connectivity index (χ0v) is 24.5. The van der Waals surface area contributed by atoms with Crippen molar-refractivity contribution < 1.29 is 53.4 Å². The molecular formula is C38H12F10O2. The maximum Gasteiger partial charge on any atom is 0.200 e. The zero-order valence-electron chi connectivity index (χ0n) is 24.5. The van der Waals surface area contributed by atoms with Crippen molar-refractivity contribution in [2.75, 3.05) is 0 Å². The third-order valence-corrected chi connectivity index (χ3v) is 9.03. The highest BCUT2D eigenvalue weighted by molar-refractivity contribution is 6.26. The van der Waals surface area contributed by atoms with E-state index in [1.54, 1.807) is 36.4 Å².